The Hall–Kier alpha value is -1.69. The molecule has 0 unspecified atom stereocenters. The van der Waals surface area contributed by atoms with Gasteiger partial charge >= 0.3 is 0 Å². The van der Waals surface area contributed by atoms with Gasteiger partial charge in [0.15, 0.2) is 0 Å². The van der Waals surface area contributed by atoms with Gasteiger partial charge in [-0.25, -0.2) is 0 Å². The highest BCUT2D eigenvalue weighted by molar-refractivity contribution is 8.00. The zero-order valence-corrected chi connectivity index (χ0v) is 19.2. The van der Waals surface area contributed by atoms with Crippen molar-refractivity contribution in [3.05, 3.63) is 64.1 Å². The van der Waals surface area contributed by atoms with Crippen LogP contribution < -0.4 is 5.32 Å². The second-order valence-electron chi connectivity index (χ2n) is 6.85. The number of amides is 2. The highest BCUT2D eigenvalue weighted by atomic mass is 35.5. The van der Waals surface area contributed by atoms with Crippen LogP contribution in [0.25, 0.3) is 0 Å². The van der Waals surface area contributed by atoms with E-state index in [4.69, 9.17) is 23.2 Å². The molecule has 2 aromatic carbocycles. The van der Waals surface area contributed by atoms with Gasteiger partial charge in [-0.3, -0.25) is 9.59 Å². The van der Waals surface area contributed by atoms with Crippen LogP contribution in [0, 0.1) is 0 Å². The molecule has 0 heterocycles. The fourth-order valence-electron chi connectivity index (χ4n) is 2.63. The van der Waals surface area contributed by atoms with E-state index in [0.717, 1.165) is 16.9 Å². The molecule has 2 atom stereocenters. The van der Waals surface area contributed by atoms with Gasteiger partial charge in [-0.1, -0.05) is 54.4 Å². The quantitative estimate of drug-likeness (QED) is 0.516. The summed E-state index contributed by atoms with van der Waals surface area (Å²) in [4.78, 5) is 28.3. The van der Waals surface area contributed by atoms with Gasteiger partial charge in [-0.05, 0) is 50.1 Å². The average Bonchev–Trinajstić information content (AvgIpc) is 2.71. The molecule has 0 spiro atoms. The standard InChI is InChI=1S/C22H26Cl2N2O2S/c1-4-15(2)25-22(28)16(3)26(13-17-10-11-18(23)12-20(17)24)21(27)14-29-19-8-6-5-7-9-19/h5-12,15-16H,4,13-14H2,1-3H3,(H,25,28)/t15-,16-/m0/s1. The Bertz CT molecular complexity index is 833. The van der Waals surface area contributed by atoms with Crippen LogP contribution in [-0.4, -0.2) is 34.6 Å². The predicted molar refractivity (Wildman–Crippen MR) is 122 cm³/mol. The van der Waals surface area contributed by atoms with Crippen LogP contribution in [0.15, 0.2) is 53.4 Å². The van der Waals surface area contributed by atoms with Crippen LogP contribution in [-0.2, 0) is 16.1 Å². The normalized spacial score (nSPS) is 12.9. The lowest BCUT2D eigenvalue weighted by Crippen LogP contribution is -2.50. The van der Waals surface area contributed by atoms with Crippen molar-refractivity contribution in [3.8, 4) is 0 Å². The average molecular weight is 453 g/mol. The fraction of sp³-hybridized carbons (Fsp3) is 0.364. The van der Waals surface area contributed by atoms with Crippen molar-refractivity contribution in [2.45, 2.75) is 50.7 Å². The molecule has 2 aromatic rings. The summed E-state index contributed by atoms with van der Waals surface area (Å²) < 4.78 is 0. The van der Waals surface area contributed by atoms with Crippen molar-refractivity contribution in [2.75, 3.05) is 5.75 Å². The number of hydrogen-bond donors (Lipinski definition) is 1. The molecule has 0 bridgehead atoms. The molecule has 0 aliphatic carbocycles. The van der Waals surface area contributed by atoms with Crippen molar-refractivity contribution < 1.29 is 9.59 Å². The maximum atomic E-state index is 13.1. The molecule has 1 N–H and O–H groups in total. The summed E-state index contributed by atoms with van der Waals surface area (Å²) in [7, 11) is 0. The lowest BCUT2D eigenvalue weighted by Gasteiger charge is -2.30. The summed E-state index contributed by atoms with van der Waals surface area (Å²) in [5.74, 6) is -0.0740. The Labute approximate surface area is 187 Å². The molecule has 0 saturated heterocycles. The van der Waals surface area contributed by atoms with Crippen LogP contribution >= 0.6 is 35.0 Å². The van der Waals surface area contributed by atoms with E-state index in [9.17, 15) is 9.59 Å². The molecule has 4 nitrogen and oxygen atoms in total. The molecule has 7 heteroatoms. The first-order valence-corrected chi connectivity index (χ1v) is 11.3. The van der Waals surface area contributed by atoms with Gasteiger partial charge in [0.25, 0.3) is 0 Å². The molecular formula is C22H26Cl2N2O2S. The zero-order chi connectivity index (χ0) is 21.4. The Morgan fingerprint density at radius 3 is 2.41 bits per heavy atom. The van der Waals surface area contributed by atoms with Crippen LogP contribution in [0.1, 0.15) is 32.8 Å². The molecule has 0 fully saturated rings. The number of halogens is 2. The van der Waals surface area contributed by atoms with E-state index in [2.05, 4.69) is 5.32 Å². The van der Waals surface area contributed by atoms with E-state index >= 15 is 0 Å². The highest BCUT2D eigenvalue weighted by Gasteiger charge is 2.27. The molecule has 2 rings (SSSR count). The predicted octanol–water partition coefficient (Wildman–Crippen LogP) is 5.42. The molecule has 0 radical (unpaired) electrons. The van der Waals surface area contributed by atoms with Gasteiger partial charge in [-0.15, -0.1) is 11.8 Å². The van der Waals surface area contributed by atoms with Gasteiger partial charge in [0.1, 0.15) is 6.04 Å². The maximum Gasteiger partial charge on any atom is 0.242 e. The Balaban J connectivity index is 2.18. The largest absolute Gasteiger partial charge is 0.352 e. The van der Waals surface area contributed by atoms with Crippen LogP contribution in [0.3, 0.4) is 0 Å². The topological polar surface area (TPSA) is 49.4 Å². The molecular weight excluding hydrogens is 427 g/mol. The monoisotopic (exact) mass is 452 g/mol. The molecule has 0 aliphatic rings. The summed E-state index contributed by atoms with van der Waals surface area (Å²) >= 11 is 13.7. The first kappa shape index (κ1) is 23.6. The van der Waals surface area contributed by atoms with Gasteiger partial charge < -0.3 is 10.2 Å². The minimum Gasteiger partial charge on any atom is -0.352 e. The third-order valence-electron chi connectivity index (χ3n) is 4.63. The number of thioether (sulfide) groups is 1. The molecule has 0 aromatic heterocycles. The number of hydrogen-bond acceptors (Lipinski definition) is 3. The molecule has 0 aliphatic heterocycles. The van der Waals surface area contributed by atoms with Crippen LogP contribution in [0.5, 0.6) is 0 Å². The Morgan fingerprint density at radius 2 is 1.79 bits per heavy atom. The number of nitrogens with zero attached hydrogens (tertiary/aromatic N) is 1. The molecule has 156 valence electrons. The lowest BCUT2D eigenvalue weighted by molar-refractivity contribution is -0.138. The van der Waals surface area contributed by atoms with E-state index in [0.29, 0.717) is 10.0 Å². The van der Waals surface area contributed by atoms with Crippen LogP contribution in [0.4, 0.5) is 0 Å². The van der Waals surface area contributed by atoms with E-state index in [-0.39, 0.29) is 30.2 Å². The van der Waals surface area contributed by atoms with Gasteiger partial charge in [-0.2, -0.15) is 0 Å². The summed E-state index contributed by atoms with van der Waals surface area (Å²) in [6.07, 6.45) is 0.819. The molecule has 2 amide bonds. The van der Waals surface area contributed by atoms with Crippen molar-refractivity contribution in [1.29, 1.82) is 0 Å². The minimum atomic E-state index is -0.625. The molecule has 0 saturated carbocycles. The molecule has 29 heavy (non-hydrogen) atoms. The highest BCUT2D eigenvalue weighted by Crippen LogP contribution is 2.24. The van der Waals surface area contributed by atoms with Crippen LogP contribution in [0.2, 0.25) is 10.0 Å². The second kappa shape index (κ2) is 11.5. The van der Waals surface area contributed by atoms with E-state index in [1.807, 2.05) is 44.2 Å². The van der Waals surface area contributed by atoms with Crippen molar-refractivity contribution in [3.63, 3.8) is 0 Å². The summed E-state index contributed by atoms with van der Waals surface area (Å²) in [6, 6.07) is 14.3. The third kappa shape index (κ3) is 7.25. The number of rotatable bonds is 9. The van der Waals surface area contributed by atoms with E-state index in [1.165, 1.54) is 11.8 Å². The minimum absolute atomic E-state index is 0.0414. The summed E-state index contributed by atoms with van der Waals surface area (Å²) in [6.45, 7) is 5.92. The van der Waals surface area contributed by atoms with Gasteiger partial charge in [0.05, 0.1) is 5.75 Å². The number of nitrogens with one attached hydrogen (secondary N) is 1. The SMILES string of the molecule is CC[C@H](C)NC(=O)[C@H](C)N(Cc1ccc(Cl)cc1Cl)C(=O)CSc1ccccc1. The van der Waals surface area contributed by atoms with Crippen molar-refractivity contribution in [2.24, 2.45) is 0 Å². The number of benzene rings is 2. The Kier molecular flexibility index (Phi) is 9.34. The second-order valence-corrected chi connectivity index (χ2v) is 8.75. The number of carbonyl (C=O) groups is 2. The third-order valence-corrected chi connectivity index (χ3v) is 6.21. The lowest BCUT2D eigenvalue weighted by atomic mass is 10.1. The Morgan fingerprint density at radius 1 is 1.10 bits per heavy atom. The van der Waals surface area contributed by atoms with Gasteiger partial charge in [0.2, 0.25) is 11.8 Å². The maximum absolute atomic E-state index is 13.1. The first-order chi connectivity index (χ1) is 13.8. The first-order valence-electron chi connectivity index (χ1n) is 9.53. The smallest absolute Gasteiger partial charge is 0.242 e. The zero-order valence-electron chi connectivity index (χ0n) is 16.8. The van der Waals surface area contributed by atoms with E-state index in [1.54, 1.807) is 30.0 Å². The fourth-order valence-corrected chi connectivity index (χ4v) is 3.90. The van der Waals surface area contributed by atoms with E-state index < -0.39 is 6.04 Å². The van der Waals surface area contributed by atoms with Crippen molar-refractivity contribution in [1.82, 2.24) is 10.2 Å². The summed E-state index contributed by atoms with van der Waals surface area (Å²) in [5, 5.41) is 3.95. The number of carbonyl (C=O) groups excluding carboxylic acids is 2. The summed E-state index contributed by atoms with van der Waals surface area (Å²) in [5.41, 5.74) is 0.748. The van der Waals surface area contributed by atoms with Crippen molar-refractivity contribution >= 4 is 46.8 Å². The van der Waals surface area contributed by atoms with Gasteiger partial charge in [0, 0.05) is 27.5 Å².